The highest BCUT2D eigenvalue weighted by molar-refractivity contribution is 9.11. The maximum absolute atomic E-state index is 13.2. The zero-order chi connectivity index (χ0) is 19.4. The van der Waals surface area contributed by atoms with Crippen LogP contribution in [0.2, 0.25) is 0 Å². The van der Waals surface area contributed by atoms with Gasteiger partial charge in [0, 0.05) is 18.0 Å². The Balaban J connectivity index is 0.00000280. The fourth-order valence-corrected chi connectivity index (χ4v) is 5.64. The van der Waals surface area contributed by atoms with Crippen LogP contribution in [0, 0.1) is 0 Å². The molecule has 0 aliphatic heterocycles. The summed E-state index contributed by atoms with van der Waals surface area (Å²) < 4.78 is 2.08. The van der Waals surface area contributed by atoms with Gasteiger partial charge in [-0.1, -0.05) is 25.2 Å². The molecular formula is C19H23BrClN3OS3. The zero-order valence-electron chi connectivity index (χ0n) is 16.0. The third kappa shape index (κ3) is 5.49. The number of benzene rings is 1. The van der Waals surface area contributed by atoms with Crippen molar-refractivity contribution >= 4 is 84.0 Å². The van der Waals surface area contributed by atoms with Crippen molar-refractivity contribution in [3.05, 3.63) is 39.0 Å². The Morgan fingerprint density at radius 3 is 2.50 bits per heavy atom. The standard InChI is InChI=1S/C19H22BrN3OS3.ClH/c1-4-22(5-2)10-11-23(18(24)15-8-9-17(20)26-15)19-21-14-7-6-13(25-3)12-16(14)27-19;/h6-9,12H,4-5,10-11H2,1-3H3;1H. The largest absolute Gasteiger partial charge is 0.302 e. The number of amides is 1. The quantitative estimate of drug-likeness (QED) is 0.329. The van der Waals surface area contributed by atoms with Crippen molar-refractivity contribution in [1.29, 1.82) is 0 Å². The smallest absolute Gasteiger partial charge is 0.270 e. The minimum absolute atomic E-state index is 0. The maximum Gasteiger partial charge on any atom is 0.270 e. The van der Waals surface area contributed by atoms with Gasteiger partial charge in [0.05, 0.1) is 18.9 Å². The van der Waals surface area contributed by atoms with Crippen LogP contribution in [0.25, 0.3) is 10.2 Å². The average Bonchev–Trinajstić information content (AvgIpc) is 3.30. The average molecular weight is 521 g/mol. The molecule has 3 aromatic rings. The predicted molar refractivity (Wildman–Crippen MR) is 130 cm³/mol. The fourth-order valence-electron chi connectivity index (χ4n) is 2.76. The number of fused-ring (bicyclic) bond motifs is 1. The van der Waals surface area contributed by atoms with Gasteiger partial charge in [-0.15, -0.1) is 35.5 Å². The summed E-state index contributed by atoms with van der Waals surface area (Å²) in [7, 11) is 0. The van der Waals surface area contributed by atoms with Gasteiger partial charge in [-0.25, -0.2) is 4.98 Å². The molecule has 0 bridgehead atoms. The third-order valence-corrected chi connectivity index (χ3v) is 7.76. The lowest BCUT2D eigenvalue weighted by Gasteiger charge is -2.24. The monoisotopic (exact) mass is 519 g/mol. The number of hydrogen-bond acceptors (Lipinski definition) is 6. The van der Waals surface area contributed by atoms with Crippen molar-refractivity contribution in [2.45, 2.75) is 18.7 Å². The van der Waals surface area contributed by atoms with Crippen LogP contribution < -0.4 is 4.90 Å². The Morgan fingerprint density at radius 2 is 1.89 bits per heavy atom. The molecule has 152 valence electrons. The number of carbonyl (C=O) groups excluding carboxylic acids is 1. The second-order valence-electron chi connectivity index (χ2n) is 5.92. The summed E-state index contributed by atoms with van der Waals surface area (Å²) in [5.41, 5.74) is 0.945. The van der Waals surface area contributed by atoms with Crippen LogP contribution in [-0.4, -0.2) is 48.2 Å². The molecule has 9 heteroatoms. The second kappa shape index (κ2) is 10.9. The highest BCUT2D eigenvalue weighted by atomic mass is 79.9. The highest BCUT2D eigenvalue weighted by Gasteiger charge is 2.23. The van der Waals surface area contributed by atoms with E-state index >= 15 is 0 Å². The maximum atomic E-state index is 13.2. The van der Waals surface area contributed by atoms with E-state index < -0.39 is 0 Å². The molecule has 3 rings (SSSR count). The first-order valence-electron chi connectivity index (χ1n) is 8.79. The van der Waals surface area contributed by atoms with Gasteiger partial charge in [-0.2, -0.15) is 0 Å². The van der Waals surface area contributed by atoms with E-state index in [0.29, 0.717) is 6.54 Å². The van der Waals surface area contributed by atoms with Crippen molar-refractivity contribution in [3.8, 4) is 0 Å². The van der Waals surface area contributed by atoms with Crippen molar-refractivity contribution in [2.24, 2.45) is 0 Å². The van der Waals surface area contributed by atoms with E-state index in [9.17, 15) is 4.79 Å². The number of anilines is 1. The Labute approximate surface area is 192 Å². The summed E-state index contributed by atoms with van der Waals surface area (Å²) in [5, 5.41) is 0.768. The van der Waals surface area contributed by atoms with Crippen LogP contribution in [0.3, 0.4) is 0 Å². The van der Waals surface area contributed by atoms with Crippen LogP contribution in [0.5, 0.6) is 0 Å². The van der Waals surface area contributed by atoms with Gasteiger partial charge in [0.1, 0.15) is 0 Å². The number of thioether (sulfide) groups is 1. The highest BCUT2D eigenvalue weighted by Crippen LogP contribution is 2.33. The molecule has 2 heterocycles. The number of hydrogen-bond donors (Lipinski definition) is 0. The third-order valence-electron chi connectivity index (χ3n) is 4.38. The lowest BCUT2D eigenvalue weighted by atomic mass is 10.3. The first kappa shape index (κ1) is 23.6. The number of aromatic nitrogens is 1. The van der Waals surface area contributed by atoms with Crippen molar-refractivity contribution < 1.29 is 4.79 Å². The summed E-state index contributed by atoms with van der Waals surface area (Å²) in [6.07, 6.45) is 2.07. The van der Waals surface area contributed by atoms with E-state index in [4.69, 9.17) is 4.98 Å². The van der Waals surface area contributed by atoms with Crippen molar-refractivity contribution in [2.75, 3.05) is 37.3 Å². The van der Waals surface area contributed by atoms with E-state index in [1.807, 2.05) is 23.1 Å². The molecule has 0 saturated carbocycles. The summed E-state index contributed by atoms with van der Waals surface area (Å²) in [6, 6.07) is 10.1. The van der Waals surface area contributed by atoms with Gasteiger partial charge in [-0.3, -0.25) is 9.69 Å². The van der Waals surface area contributed by atoms with Crippen molar-refractivity contribution in [3.63, 3.8) is 0 Å². The summed E-state index contributed by atoms with van der Waals surface area (Å²) in [5.74, 6) is 0.0157. The molecule has 0 unspecified atom stereocenters. The fraction of sp³-hybridized carbons (Fsp3) is 0.368. The molecule has 1 amide bonds. The van der Waals surface area contributed by atoms with Gasteiger partial charge in [-0.05, 0) is 65.6 Å². The Morgan fingerprint density at radius 1 is 1.14 bits per heavy atom. The molecule has 0 spiro atoms. The van der Waals surface area contributed by atoms with Gasteiger partial charge in [0.15, 0.2) is 5.13 Å². The van der Waals surface area contributed by atoms with E-state index in [0.717, 1.165) is 43.6 Å². The molecule has 1 aromatic carbocycles. The summed E-state index contributed by atoms with van der Waals surface area (Å²) in [6.45, 7) is 7.70. The topological polar surface area (TPSA) is 36.4 Å². The normalized spacial score (nSPS) is 11.0. The molecule has 4 nitrogen and oxygen atoms in total. The van der Waals surface area contributed by atoms with Gasteiger partial charge in [0.25, 0.3) is 5.91 Å². The predicted octanol–water partition coefficient (Wildman–Crippen LogP) is 6.25. The van der Waals surface area contributed by atoms with E-state index in [2.05, 4.69) is 53.1 Å². The Kier molecular flexibility index (Phi) is 9.24. The van der Waals surface area contributed by atoms with Crippen LogP contribution in [0.4, 0.5) is 5.13 Å². The Hall–Kier alpha value is -0.640. The number of rotatable bonds is 8. The molecule has 0 atom stereocenters. The molecule has 0 N–H and O–H groups in total. The van der Waals surface area contributed by atoms with Crippen LogP contribution >= 0.6 is 62.8 Å². The molecular weight excluding hydrogens is 498 g/mol. The van der Waals surface area contributed by atoms with E-state index in [1.54, 1.807) is 23.1 Å². The van der Waals surface area contributed by atoms with Crippen LogP contribution in [0.15, 0.2) is 39.0 Å². The lowest BCUT2D eigenvalue weighted by Crippen LogP contribution is -2.38. The molecule has 0 aliphatic rings. The van der Waals surface area contributed by atoms with Crippen molar-refractivity contribution in [1.82, 2.24) is 9.88 Å². The number of likely N-dealkylation sites (N-methyl/N-ethyl adjacent to an activating group) is 1. The van der Waals surface area contributed by atoms with E-state index in [-0.39, 0.29) is 18.3 Å². The van der Waals surface area contributed by atoms with Gasteiger partial charge >= 0.3 is 0 Å². The molecule has 0 fully saturated rings. The van der Waals surface area contributed by atoms with Gasteiger partial charge < -0.3 is 4.90 Å². The lowest BCUT2D eigenvalue weighted by molar-refractivity contribution is 0.0987. The number of thiazole rings is 1. The summed E-state index contributed by atoms with van der Waals surface area (Å²) in [4.78, 5) is 24.1. The first-order valence-corrected chi connectivity index (χ1v) is 12.4. The number of thiophene rings is 1. The first-order chi connectivity index (χ1) is 13.0. The molecule has 0 saturated heterocycles. The number of halogens is 2. The molecule has 2 aromatic heterocycles. The van der Waals surface area contributed by atoms with E-state index in [1.165, 1.54) is 16.2 Å². The molecule has 28 heavy (non-hydrogen) atoms. The molecule has 0 aliphatic carbocycles. The minimum Gasteiger partial charge on any atom is -0.302 e. The Bertz CT molecular complexity index is 926. The minimum atomic E-state index is 0. The van der Waals surface area contributed by atoms with Crippen LogP contribution in [-0.2, 0) is 0 Å². The van der Waals surface area contributed by atoms with Crippen LogP contribution in [0.1, 0.15) is 23.5 Å². The number of nitrogens with zero attached hydrogens (tertiary/aromatic N) is 3. The zero-order valence-corrected chi connectivity index (χ0v) is 20.8. The summed E-state index contributed by atoms with van der Waals surface area (Å²) >= 11 is 8.22. The molecule has 0 radical (unpaired) electrons. The number of carbonyl (C=O) groups is 1. The van der Waals surface area contributed by atoms with Gasteiger partial charge in [0.2, 0.25) is 0 Å². The SMILES string of the molecule is CCN(CC)CCN(C(=O)c1ccc(Br)s1)c1nc2ccc(SC)cc2s1.Cl. The second-order valence-corrected chi connectivity index (χ2v) is 10.3.